The van der Waals surface area contributed by atoms with Gasteiger partial charge in [-0.05, 0) is 36.2 Å². The summed E-state index contributed by atoms with van der Waals surface area (Å²) < 4.78 is 0. The van der Waals surface area contributed by atoms with Crippen LogP contribution in [0.1, 0.15) is 10.7 Å². The lowest BCUT2D eigenvalue weighted by Crippen LogP contribution is -2.03. The topological polar surface area (TPSA) is 28.2 Å². The fourth-order valence-electron chi connectivity index (χ4n) is 1.62. The summed E-state index contributed by atoms with van der Waals surface area (Å²) in [5.41, 5.74) is 3.36. The van der Waals surface area contributed by atoms with Gasteiger partial charge < -0.3 is 10.2 Å². The Hall–Kier alpha value is -1.81. The second-order valence-corrected chi connectivity index (χ2v) is 5.07. The highest BCUT2D eigenvalue weighted by atomic mass is 32.1. The SMILES string of the molecule is C=Cc1csc(C(/C=C\N(C)C)=C2\C=CNC2)n1. The van der Waals surface area contributed by atoms with Gasteiger partial charge in [0.1, 0.15) is 5.01 Å². The highest BCUT2D eigenvalue weighted by Gasteiger charge is 2.11. The minimum absolute atomic E-state index is 0.857. The molecule has 1 aromatic rings. The minimum atomic E-state index is 0.857. The maximum absolute atomic E-state index is 4.56. The van der Waals surface area contributed by atoms with Crippen LogP contribution in [-0.4, -0.2) is 30.5 Å². The standard InChI is InChI=1S/C14H17N3S/c1-4-12-10-18-14(16-12)13(6-8-17(2)3)11-5-7-15-9-11/h4-8,10,15H,1,9H2,2-3H3/b8-6-,13-11+. The summed E-state index contributed by atoms with van der Waals surface area (Å²) in [5.74, 6) is 0. The van der Waals surface area contributed by atoms with Crippen LogP contribution in [0.15, 0.2) is 42.1 Å². The molecule has 0 unspecified atom stereocenters. The first kappa shape index (κ1) is 12.6. The first-order valence-corrected chi connectivity index (χ1v) is 6.64. The Morgan fingerprint density at radius 3 is 2.94 bits per heavy atom. The van der Waals surface area contributed by atoms with Crippen LogP contribution in [-0.2, 0) is 0 Å². The number of allylic oxidation sites excluding steroid dienone is 2. The van der Waals surface area contributed by atoms with Crippen molar-refractivity contribution in [1.82, 2.24) is 15.2 Å². The molecule has 0 aliphatic carbocycles. The fourth-order valence-corrected chi connectivity index (χ4v) is 2.48. The lowest BCUT2D eigenvalue weighted by atomic mass is 10.1. The number of rotatable bonds is 4. The Labute approximate surface area is 112 Å². The van der Waals surface area contributed by atoms with Gasteiger partial charge in [-0.15, -0.1) is 11.3 Å². The number of thiazole rings is 1. The molecule has 1 aromatic heterocycles. The second kappa shape index (κ2) is 5.69. The third-order valence-corrected chi connectivity index (χ3v) is 3.44. The average Bonchev–Trinajstić information content (AvgIpc) is 2.99. The van der Waals surface area contributed by atoms with Gasteiger partial charge in [0.2, 0.25) is 0 Å². The van der Waals surface area contributed by atoms with Crippen LogP contribution in [0.2, 0.25) is 0 Å². The summed E-state index contributed by atoms with van der Waals surface area (Å²) in [5, 5.41) is 6.26. The fraction of sp³-hybridized carbons (Fsp3) is 0.214. The van der Waals surface area contributed by atoms with E-state index in [1.165, 1.54) is 11.1 Å². The van der Waals surface area contributed by atoms with Crippen molar-refractivity contribution in [3.8, 4) is 0 Å². The van der Waals surface area contributed by atoms with Crippen molar-refractivity contribution in [2.24, 2.45) is 0 Å². The van der Waals surface area contributed by atoms with Gasteiger partial charge in [0, 0.05) is 31.6 Å². The molecule has 0 bridgehead atoms. The van der Waals surface area contributed by atoms with Crippen LogP contribution < -0.4 is 5.32 Å². The zero-order valence-corrected chi connectivity index (χ0v) is 11.5. The molecular formula is C14H17N3S. The zero-order valence-electron chi connectivity index (χ0n) is 10.7. The molecule has 2 rings (SSSR count). The first-order valence-electron chi connectivity index (χ1n) is 5.77. The third kappa shape index (κ3) is 2.90. The van der Waals surface area contributed by atoms with E-state index in [-0.39, 0.29) is 0 Å². The summed E-state index contributed by atoms with van der Waals surface area (Å²) in [6.07, 6.45) is 10.0. The van der Waals surface area contributed by atoms with Crippen LogP contribution in [0.3, 0.4) is 0 Å². The van der Waals surface area contributed by atoms with Crippen molar-refractivity contribution in [2.75, 3.05) is 20.6 Å². The molecule has 2 heterocycles. The second-order valence-electron chi connectivity index (χ2n) is 4.21. The Morgan fingerprint density at radius 2 is 2.39 bits per heavy atom. The summed E-state index contributed by atoms with van der Waals surface area (Å²) in [6.45, 7) is 4.61. The quantitative estimate of drug-likeness (QED) is 0.901. The van der Waals surface area contributed by atoms with Crippen molar-refractivity contribution in [3.63, 3.8) is 0 Å². The van der Waals surface area contributed by atoms with E-state index in [1.54, 1.807) is 17.4 Å². The van der Waals surface area contributed by atoms with Crippen LogP contribution in [0.5, 0.6) is 0 Å². The zero-order chi connectivity index (χ0) is 13.0. The van der Waals surface area contributed by atoms with Gasteiger partial charge in [0.15, 0.2) is 0 Å². The van der Waals surface area contributed by atoms with Crippen LogP contribution in [0, 0.1) is 0 Å². The van der Waals surface area contributed by atoms with E-state index in [4.69, 9.17) is 0 Å². The van der Waals surface area contributed by atoms with Crippen LogP contribution in [0.4, 0.5) is 0 Å². The Balaban J connectivity index is 2.39. The smallest absolute Gasteiger partial charge is 0.124 e. The largest absolute Gasteiger partial charge is 0.387 e. The molecule has 1 N–H and O–H groups in total. The van der Waals surface area contributed by atoms with E-state index >= 15 is 0 Å². The van der Waals surface area contributed by atoms with E-state index in [9.17, 15) is 0 Å². The van der Waals surface area contributed by atoms with E-state index < -0.39 is 0 Å². The van der Waals surface area contributed by atoms with Crippen molar-refractivity contribution in [2.45, 2.75) is 0 Å². The molecule has 1 aliphatic heterocycles. The molecule has 0 aromatic carbocycles. The highest BCUT2D eigenvalue weighted by Crippen LogP contribution is 2.26. The van der Waals surface area contributed by atoms with E-state index in [0.717, 1.165) is 17.2 Å². The summed E-state index contributed by atoms with van der Waals surface area (Å²) >= 11 is 1.65. The average molecular weight is 259 g/mol. The maximum Gasteiger partial charge on any atom is 0.124 e. The van der Waals surface area contributed by atoms with Crippen molar-refractivity contribution >= 4 is 23.0 Å². The molecule has 3 nitrogen and oxygen atoms in total. The summed E-state index contributed by atoms with van der Waals surface area (Å²) in [7, 11) is 4.02. The summed E-state index contributed by atoms with van der Waals surface area (Å²) in [6, 6.07) is 0. The van der Waals surface area contributed by atoms with E-state index in [1.807, 2.05) is 36.8 Å². The third-order valence-electron chi connectivity index (χ3n) is 2.54. The van der Waals surface area contributed by atoms with Gasteiger partial charge >= 0.3 is 0 Å². The lowest BCUT2D eigenvalue weighted by Gasteiger charge is -2.06. The predicted molar refractivity (Wildman–Crippen MR) is 79.1 cm³/mol. The molecule has 0 spiro atoms. The Morgan fingerprint density at radius 1 is 1.56 bits per heavy atom. The van der Waals surface area contributed by atoms with Gasteiger partial charge in [0.05, 0.1) is 5.69 Å². The molecule has 0 radical (unpaired) electrons. The number of hydrogen-bond donors (Lipinski definition) is 1. The molecular weight excluding hydrogens is 242 g/mol. The predicted octanol–water partition coefficient (Wildman–Crippen LogP) is 2.73. The van der Waals surface area contributed by atoms with Gasteiger partial charge in [-0.3, -0.25) is 0 Å². The van der Waals surface area contributed by atoms with Gasteiger partial charge in [-0.25, -0.2) is 4.98 Å². The Bertz CT molecular complexity index is 521. The minimum Gasteiger partial charge on any atom is -0.387 e. The van der Waals surface area contributed by atoms with Crippen LogP contribution >= 0.6 is 11.3 Å². The number of hydrogen-bond acceptors (Lipinski definition) is 4. The van der Waals surface area contributed by atoms with Gasteiger partial charge in [-0.1, -0.05) is 6.58 Å². The number of nitrogens with zero attached hydrogens (tertiary/aromatic N) is 2. The molecule has 0 fully saturated rings. The van der Waals surface area contributed by atoms with Crippen LogP contribution in [0.25, 0.3) is 11.6 Å². The van der Waals surface area contributed by atoms with Crippen molar-refractivity contribution in [3.05, 3.63) is 52.8 Å². The monoisotopic (exact) mass is 259 g/mol. The Kier molecular flexibility index (Phi) is 3.99. The molecule has 94 valence electrons. The van der Waals surface area contributed by atoms with E-state index in [2.05, 4.69) is 29.0 Å². The molecule has 0 saturated heterocycles. The van der Waals surface area contributed by atoms with Gasteiger partial charge in [0.25, 0.3) is 0 Å². The molecule has 0 atom stereocenters. The highest BCUT2D eigenvalue weighted by molar-refractivity contribution is 7.11. The lowest BCUT2D eigenvalue weighted by molar-refractivity contribution is 0.564. The molecule has 0 saturated carbocycles. The van der Waals surface area contributed by atoms with Gasteiger partial charge in [-0.2, -0.15) is 0 Å². The first-order chi connectivity index (χ1) is 8.70. The maximum atomic E-state index is 4.56. The van der Waals surface area contributed by atoms with E-state index in [0.29, 0.717) is 0 Å². The molecule has 18 heavy (non-hydrogen) atoms. The normalized spacial score (nSPS) is 17.0. The van der Waals surface area contributed by atoms with Crippen molar-refractivity contribution in [1.29, 1.82) is 0 Å². The number of aromatic nitrogens is 1. The number of nitrogens with one attached hydrogen (secondary N) is 1. The molecule has 0 amide bonds. The van der Waals surface area contributed by atoms with Crippen molar-refractivity contribution < 1.29 is 0 Å². The summed E-state index contributed by atoms with van der Waals surface area (Å²) in [4.78, 5) is 6.59. The molecule has 1 aliphatic rings. The molecule has 4 heteroatoms.